The number of allylic oxidation sites excluding steroid dienone is 8. The van der Waals surface area contributed by atoms with Crippen LogP contribution in [0.4, 0.5) is 0 Å². The smallest absolute Gasteiger partial charge is 0.303 e. The van der Waals surface area contributed by atoms with Gasteiger partial charge in [0.25, 0.3) is 0 Å². The zero-order chi connectivity index (χ0) is 18.8. The van der Waals surface area contributed by atoms with Crippen LogP contribution in [-0.4, -0.2) is 22.3 Å². The van der Waals surface area contributed by atoms with E-state index in [1.54, 1.807) is 6.08 Å². The largest absolute Gasteiger partial charge is 0.481 e. The Labute approximate surface area is 153 Å². The number of rotatable bonds is 14. The first-order valence-corrected chi connectivity index (χ1v) is 9.26. The highest BCUT2D eigenvalue weighted by Crippen LogP contribution is 2.08. The molecule has 0 heterocycles. The molecule has 0 aliphatic heterocycles. The molecule has 0 aromatic rings. The predicted molar refractivity (Wildman–Crippen MR) is 106 cm³/mol. The standard InChI is InChI=1S/C22H34O3/c1-3-4-5-10-15-20(2)16-13-14-18-21(23)17-11-8-6-7-9-12-19-22(24)25/h4-5,7-9,11,13-14,16,18,20-21,23H,3,6,10,12,15,17,19H2,1-2H3,(H,24,25)/b5-4-,9-7-,11-8-,16-13+,18-14+/t20?,21-/m0/s1. The highest BCUT2D eigenvalue weighted by Gasteiger charge is 1.95. The lowest BCUT2D eigenvalue weighted by atomic mass is 10.0. The summed E-state index contributed by atoms with van der Waals surface area (Å²) in [6.07, 6.45) is 25.0. The second kappa shape index (κ2) is 17.0. The topological polar surface area (TPSA) is 57.5 Å². The fourth-order valence-corrected chi connectivity index (χ4v) is 2.10. The number of aliphatic hydroxyl groups is 1. The first-order chi connectivity index (χ1) is 12.1. The molecular formula is C22H34O3. The van der Waals surface area contributed by atoms with Crippen LogP contribution in [0.15, 0.2) is 60.8 Å². The number of hydrogen-bond donors (Lipinski definition) is 2. The number of aliphatic carboxylic acids is 1. The van der Waals surface area contributed by atoms with Crippen molar-refractivity contribution in [3.8, 4) is 0 Å². The fourth-order valence-electron chi connectivity index (χ4n) is 2.10. The zero-order valence-corrected chi connectivity index (χ0v) is 15.7. The van der Waals surface area contributed by atoms with Crippen molar-refractivity contribution in [1.29, 1.82) is 0 Å². The molecule has 0 aliphatic carbocycles. The molecule has 2 atom stereocenters. The molecule has 3 heteroatoms. The molecule has 1 unspecified atom stereocenters. The minimum Gasteiger partial charge on any atom is -0.481 e. The monoisotopic (exact) mass is 346 g/mol. The highest BCUT2D eigenvalue weighted by molar-refractivity contribution is 5.66. The van der Waals surface area contributed by atoms with Gasteiger partial charge < -0.3 is 10.2 Å². The Bertz CT molecular complexity index is 470. The van der Waals surface area contributed by atoms with Crippen molar-refractivity contribution in [3.63, 3.8) is 0 Å². The molecule has 2 N–H and O–H groups in total. The molecule has 0 aromatic heterocycles. The molecule has 0 radical (unpaired) electrons. The van der Waals surface area contributed by atoms with Crippen molar-refractivity contribution in [2.75, 3.05) is 0 Å². The van der Waals surface area contributed by atoms with Crippen molar-refractivity contribution in [2.45, 2.75) is 64.9 Å². The molecule has 140 valence electrons. The van der Waals surface area contributed by atoms with Gasteiger partial charge in [0, 0.05) is 6.42 Å². The Morgan fingerprint density at radius 3 is 2.36 bits per heavy atom. The minimum absolute atomic E-state index is 0.172. The van der Waals surface area contributed by atoms with Crippen molar-refractivity contribution in [2.24, 2.45) is 5.92 Å². The quantitative estimate of drug-likeness (QED) is 0.318. The Kier molecular flexibility index (Phi) is 15.7. The van der Waals surface area contributed by atoms with Gasteiger partial charge in [0.2, 0.25) is 0 Å². The first-order valence-electron chi connectivity index (χ1n) is 9.26. The third-order valence-corrected chi connectivity index (χ3v) is 3.58. The van der Waals surface area contributed by atoms with Crippen molar-refractivity contribution in [3.05, 3.63) is 60.8 Å². The van der Waals surface area contributed by atoms with Crippen LogP contribution in [0, 0.1) is 5.92 Å². The van der Waals surface area contributed by atoms with E-state index in [-0.39, 0.29) is 6.42 Å². The normalized spacial score (nSPS) is 15.3. The summed E-state index contributed by atoms with van der Waals surface area (Å²) in [7, 11) is 0. The molecule has 3 nitrogen and oxygen atoms in total. The van der Waals surface area contributed by atoms with Gasteiger partial charge in [0.05, 0.1) is 6.10 Å². The molecule has 0 amide bonds. The van der Waals surface area contributed by atoms with Crippen molar-refractivity contribution < 1.29 is 15.0 Å². The van der Waals surface area contributed by atoms with Gasteiger partial charge in [-0.1, -0.05) is 74.6 Å². The maximum Gasteiger partial charge on any atom is 0.303 e. The maximum atomic E-state index is 10.3. The van der Waals surface area contributed by atoms with Gasteiger partial charge in [0.1, 0.15) is 0 Å². The Morgan fingerprint density at radius 1 is 0.960 bits per heavy atom. The maximum absolute atomic E-state index is 10.3. The average molecular weight is 347 g/mol. The number of carboxylic acids is 1. The molecular weight excluding hydrogens is 312 g/mol. The van der Waals surface area contributed by atoms with Crippen LogP contribution >= 0.6 is 0 Å². The molecule has 25 heavy (non-hydrogen) atoms. The highest BCUT2D eigenvalue weighted by atomic mass is 16.4. The molecule has 0 spiro atoms. The van der Waals surface area contributed by atoms with Gasteiger partial charge in [-0.2, -0.15) is 0 Å². The van der Waals surface area contributed by atoms with Crippen LogP contribution in [0.5, 0.6) is 0 Å². The van der Waals surface area contributed by atoms with Crippen LogP contribution in [0.25, 0.3) is 0 Å². The van der Waals surface area contributed by atoms with Crippen LogP contribution < -0.4 is 0 Å². The van der Waals surface area contributed by atoms with Gasteiger partial charge in [0.15, 0.2) is 0 Å². The van der Waals surface area contributed by atoms with E-state index in [9.17, 15) is 9.90 Å². The Hall–Kier alpha value is -1.87. The first kappa shape index (κ1) is 23.1. The molecule has 0 fully saturated rings. The third kappa shape index (κ3) is 18.3. The number of carboxylic acid groups (broad SMARTS) is 1. The number of carbonyl (C=O) groups is 1. The zero-order valence-electron chi connectivity index (χ0n) is 15.7. The lowest BCUT2D eigenvalue weighted by molar-refractivity contribution is -0.136. The Balaban J connectivity index is 3.82. The van der Waals surface area contributed by atoms with Crippen LogP contribution in [0.1, 0.15) is 58.8 Å². The van der Waals surface area contributed by atoms with E-state index in [0.717, 1.165) is 25.7 Å². The number of aliphatic hydroxyl groups excluding tert-OH is 1. The summed E-state index contributed by atoms with van der Waals surface area (Å²) in [5.74, 6) is -0.233. The van der Waals surface area contributed by atoms with Crippen LogP contribution in [0.3, 0.4) is 0 Å². The summed E-state index contributed by atoms with van der Waals surface area (Å²) < 4.78 is 0. The predicted octanol–water partition coefficient (Wildman–Crippen LogP) is 5.60. The van der Waals surface area contributed by atoms with E-state index >= 15 is 0 Å². The van der Waals surface area contributed by atoms with Gasteiger partial charge in [-0.25, -0.2) is 0 Å². The van der Waals surface area contributed by atoms with Gasteiger partial charge in [-0.05, 0) is 44.4 Å². The third-order valence-electron chi connectivity index (χ3n) is 3.58. The number of hydrogen-bond acceptors (Lipinski definition) is 2. The summed E-state index contributed by atoms with van der Waals surface area (Å²) in [5.41, 5.74) is 0. The lowest BCUT2D eigenvalue weighted by Crippen LogP contribution is -1.98. The molecule has 0 saturated carbocycles. The molecule has 0 rings (SSSR count). The van der Waals surface area contributed by atoms with Gasteiger partial charge in [-0.15, -0.1) is 0 Å². The van der Waals surface area contributed by atoms with Gasteiger partial charge >= 0.3 is 5.97 Å². The van der Waals surface area contributed by atoms with Gasteiger partial charge in [-0.3, -0.25) is 4.79 Å². The lowest BCUT2D eigenvalue weighted by Gasteiger charge is -2.02. The van der Waals surface area contributed by atoms with E-state index in [0.29, 0.717) is 18.8 Å². The van der Waals surface area contributed by atoms with E-state index in [1.165, 1.54) is 0 Å². The molecule has 0 aromatic carbocycles. The van der Waals surface area contributed by atoms with Crippen LogP contribution in [-0.2, 0) is 4.79 Å². The summed E-state index contributed by atoms with van der Waals surface area (Å²) in [6, 6.07) is 0. The van der Waals surface area contributed by atoms with E-state index in [1.807, 2.05) is 36.5 Å². The summed E-state index contributed by atoms with van der Waals surface area (Å²) >= 11 is 0. The Morgan fingerprint density at radius 2 is 1.64 bits per heavy atom. The van der Waals surface area contributed by atoms with E-state index in [4.69, 9.17) is 5.11 Å². The molecule has 0 aliphatic rings. The average Bonchev–Trinajstić information content (AvgIpc) is 2.57. The van der Waals surface area contributed by atoms with E-state index < -0.39 is 12.1 Å². The SMILES string of the molecule is CC/C=C\CCC(C)/C=C/C=C/[C@@H](O)C/C=C\C/C=C\CCC(=O)O. The van der Waals surface area contributed by atoms with Crippen LogP contribution in [0.2, 0.25) is 0 Å². The summed E-state index contributed by atoms with van der Waals surface area (Å²) in [6.45, 7) is 4.34. The second-order valence-electron chi connectivity index (χ2n) is 6.12. The van der Waals surface area contributed by atoms with Crippen molar-refractivity contribution in [1.82, 2.24) is 0 Å². The fraction of sp³-hybridized carbons (Fsp3) is 0.500. The summed E-state index contributed by atoms with van der Waals surface area (Å²) in [4.78, 5) is 10.3. The molecule has 0 bridgehead atoms. The second-order valence-corrected chi connectivity index (χ2v) is 6.12. The molecule has 0 saturated heterocycles. The summed E-state index contributed by atoms with van der Waals surface area (Å²) in [5, 5.41) is 18.4. The van der Waals surface area contributed by atoms with Crippen molar-refractivity contribution >= 4 is 5.97 Å². The van der Waals surface area contributed by atoms with E-state index in [2.05, 4.69) is 32.1 Å². The minimum atomic E-state index is -0.771.